The molecule has 4 atom stereocenters. The molecule has 10 rings (SSSR count). The zero-order valence-corrected chi connectivity index (χ0v) is 38.2. The lowest BCUT2D eigenvalue weighted by Gasteiger charge is -2.34. The highest BCUT2D eigenvalue weighted by molar-refractivity contribution is 5.88. The van der Waals surface area contributed by atoms with Crippen LogP contribution < -0.4 is 10.6 Å². The fraction of sp³-hybridized carbons (Fsp3) is 0.346. The van der Waals surface area contributed by atoms with Gasteiger partial charge in [0.15, 0.2) is 0 Å². The molecule has 17 heteroatoms. The Morgan fingerprint density at radius 1 is 0.667 bits per heavy atom. The smallest absolute Gasteiger partial charge is 0.407 e. The normalized spacial score (nSPS) is 19.4. The highest BCUT2D eigenvalue weighted by Crippen LogP contribution is 2.53. The van der Waals surface area contributed by atoms with Gasteiger partial charge in [0.25, 0.3) is 11.8 Å². The number of benzene rings is 4. The van der Waals surface area contributed by atoms with E-state index in [2.05, 4.69) is 30.6 Å². The van der Waals surface area contributed by atoms with Crippen LogP contribution in [0.25, 0.3) is 44.8 Å². The molecule has 5 heterocycles. The Labute approximate surface area is 397 Å². The first-order valence-electron chi connectivity index (χ1n) is 23.3. The third kappa shape index (κ3) is 8.71. The molecule has 1 unspecified atom stereocenters. The van der Waals surface area contributed by atoms with Crippen molar-refractivity contribution in [2.24, 2.45) is 5.92 Å². The van der Waals surface area contributed by atoms with E-state index in [1.54, 1.807) is 58.6 Å². The molecule has 0 radical (unpaired) electrons. The van der Waals surface area contributed by atoms with Crippen molar-refractivity contribution in [2.45, 2.75) is 68.6 Å². The van der Waals surface area contributed by atoms with E-state index in [0.717, 1.165) is 29.7 Å². The number of H-pyrrole nitrogens is 2. The third-order valence-electron chi connectivity index (χ3n) is 14.0. The van der Waals surface area contributed by atoms with Gasteiger partial charge < -0.3 is 44.6 Å². The van der Waals surface area contributed by atoms with Crippen LogP contribution in [-0.2, 0) is 29.7 Å². The lowest BCUT2D eigenvalue weighted by atomic mass is 9.90. The number of carbonyl (C=O) groups excluding carboxylic acids is 4. The van der Waals surface area contributed by atoms with Crippen molar-refractivity contribution in [3.05, 3.63) is 132 Å². The molecule has 0 bridgehead atoms. The fourth-order valence-corrected chi connectivity index (χ4v) is 10.4. The van der Waals surface area contributed by atoms with Crippen molar-refractivity contribution in [2.75, 3.05) is 40.5 Å². The summed E-state index contributed by atoms with van der Waals surface area (Å²) in [5, 5.41) is 5.46. The molecule has 6 aromatic rings. The van der Waals surface area contributed by atoms with Crippen molar-refractivity contribution >= 4 is 24.0 Å². The summed E-state index contributed by atoms with van der Waals surface area (Å²) in [6.45, 7) is 2.00. The molecule has 3 fully saturated rings. The zero-order chi connectivity index (χ0) is 47.8. The molecule has 4 aliphatic rings. The molecule has 15 nitrogen and oxygen atoms in total. The number of imidazole rings is 2. The van der Waals surface area contributed by atoms with Gasteiger partial charge in [0.2, 0.25) is 5.91 Å². The van der Waals surface area contributed by atoms with Crippen LogP contribution in [0.15, 0.2) is 103 Å². The Kier molecular flexibility index (Phi) is 12.5. The lowest BCUT2D eigenvalue weighted by Crippen LogP contribution is -2.53. The number of hydrogen-bond acceptors (Lipinski definition) is 9. The number of rotatable bonds is 11. The second-order valence-corrected chi connectivity index (χ2v) is 18.0. The Bertz CT molecular complexity index is 2880. The van der Waals surface area contributed by atoms with Gasteiger partial charge in [-0.3, -0.25) is 9.59 Å². The van der Waals surface area contributed by atoms with Crippen LogP contribution >= 0.6 is 0 Å². The number of hydrogen-bond donors (Lipinski definition) is 4. The molecule has 3 saturated heterocycles. The number of ether oxygens (including phenoxy) is 3. The Morgan fingerprint density at radius 2 is 1.19 bits per heavy atom. The van der Waals surface area contributed by atoms with Gasteiger partial charge in [-0.1, -0.05) is 78.9 Å². The molecule has 0 spiro atoms. The molecular formula is C52H52F2N8O7. The number of halogens is 2. The van der Waals surface area contributed by atoms with Gasteiger partial charge in [0.05, 0.1) is 50.1 Å². The van der Waals surface area contributed by atoms with Gasteiger partial charge in [-0.25, -0.2) is 19.6 Å². The van der Waals surface area contributed by atoms with Crippen molar-refractivity contribution in [3.8, 4) is 44.8 Å². The van der Waals surface area contributed by atoms with E-state index in [1.165, 1.54) is 20.3 Å². The molecule has 356 valence electrons. The minimum Gasteiger partial charge on any atom is -0.453 e. The predicted molar refractivity (Wildman–Crippen MR) is 250 cm³/mol. The Balaban J connectivity index is 0.833. The van der Waals surface area contributed by atoms with Crippen molar-refractivity contribution in [1.29, 1.82) is 0 Å². The molecule has 4 amide bonds. The van der Waals surface area contributed by atoms with E-state index in [1.807, 2.05) is 48.5 Å². The molecular weight excluding hydrogens is 887 g/mol. The fourth-order valence-electron chi connectivity index (χ4n) is 10.4. The van der Waals surface area contributed by atoms with Crippen molar-refractivity contribution in [3.63, 3.8) is 0 Å². The van der Waals surface area contributed by atoms with E-state index in [-0.39, 0.29) is 40.9 Å². The van der Waals surface area contributed by atoms with Crippen LogP contribution in [0, 0.1) is 5.92 Å². The number of fused-ring (bicyclic) bond motifs is 3. The van der Waals surface area contributed by atoms with Gasteiger partial charge in [-0.2, -0.15) is 8.78 Å². The number of aromatic nitrogens is 4. The molecule has 69 heavy (non-hydrogen) atoms. The molecule has 0 saturated carbocycles. The van der Waals surface area contributed by atoms with Crippen LogP contribution in [0.2, 0.25) is 0 Å². The van der Waals surface area contributed by atoms with Gasteiger partial charge in [-0.05, 0) is 90.0 Å². The maximum absolute atomic E-state index is 16.6. The number of aromatic amines is 2. The summed E-state index contributed by atoms with van der Waals surface area (Å²) in [6.07, 6.45) is 6.07. The highest BCUT2D eigenvalue weighted by atomic mass is 19.3. The van der Waals surface area contributed by atoms with Crippen LogP contribution in [0.4, 0.5) is 18.4 Å². The Morgan fingerprint density at radius 3 is 1.80 bits per heavy atom. The number of alkyl carbamates (subject to hydrolysis) is 2. The molecule has 4 N–H and O–H groups in total. The number of nitrogens with zero attached hydrogens (tertiary/aromatic N) is 4. The average molecular weight is 939 g/mol. The van der Waals surface area contributed by atoms with Crippen LogP contribution in [-0.4, -0.2) is 100 Å². The number of likely N-dealkylation sites (tertiary alicyclic amines) is 2. The summed E-state index contributed by atoms with van der Waals surface area (Å²) in [7, 11) is 2.53. The summed E-state index contributed by atoms with van der Waals surface area (Å²) in [6, 6.07) is 24.4. The lowest BCUT2D eigenvalue weighted by molar-refractivity contribution is -0.137. The van der Waals surface area contributed by atoms with E-state index in [4.69, 9.17) is 14.2 Å². The summed E-state index contributed by atoms with van der Waals surface area (Å²) in [5.41, 5.74) is 5.45. The second-order valence-electron chi connectivity index (χ2n) is 18.0. The summed E-state index contributed by atoms with van der Waals surface area (Å²) < 4.78 is 48.3. The van der Waals surface area contributed by atoms with Gasteiger partial charge in [-0.15, -0.1) is 0 Å². The number of amides is 4. The number of alkyl halides is 2. The first-order chi connectivity index (χ1) is 33.5. The maximum atomic E-state index is 16.6. The summed E-state index contributed by atoms with van der Waals surface area (Å²) >= 11 is 0. The van der Waals surface area contributed by atoms with Crippen LogP contribution in [0.5, 0.6) is 0 Å². The number of methoxy groups -OCH3 is 2. The molecule has 4 aromatic carbocycles. The van der Waals surface area contributed by atoms with Crippen molar-refractivity contribution in [1.82, 2.24) is 40.4 Å². The van der Waals surface area contributed by atoms with Crippen molar-refractivity contribution < 1.29 is 42.2 Å². The topological polar surface area (TPSA) is 184 Å². The summed E-state index contributed by atoms with van der Waals surface area (Å²) in [5.74, 6) is -2.68. The average Bonchev–Trinajstić information content (AvgIpc) is 4.26. The molecule has 2 aromatic heterocycles. The number of carbonyl (C=O) groups is 4. The van der Waals surface area contributed by atoms with E-state index in [9.17, 15) is 19.2 Å². The first-order valence-corrected chi connectivity index (χ1v) is 23.3. The van der Waals surface area contributed by atoms with Crippen LogP contribution in [0.3, 0.4) is 0 Å². The first kappa shape index (κ1) is 45.4. The quantitative estimate of drug-likeness (QED) is 0.0986. The molecule has 1 aliphatic carbocycles. The highest BCUT2D eigenvalue weighted by Gasteiger charge is 2.45. The SMILES string of the molecule is COC(=O)NC(C(=O)N1CCC[C@H]1c1ncc(-c2ccc(-c3ccc4c(c3)C(F)(F)c3cc(-c5cnc([C@@H]6CCCN6C(=O)[C@@H](NC(=O)OC)C6CCOCC6)[nH]5)ccc3-4)cc2)[nH]1)c1ccccc1. The van der Waals surface area contributed by atoms with E-state index in [0.29, 0.717) is 97.1 Å². The third-order valence-corrected chi connectivity index (χ3v) is 14.0. The van der Waals surface area contributed by atoms with E-state index < -0.39 is 30.2 Å². The largest absolute Gasteiger partial charge is 0.453 e. The van der Waals surface area contributed by atoms with Gasteiger partial charge in [0.1, 0.15) is 23.7 Å². The standard InChI is InChI=1S/C52H52F2N8O7/c1-67-50(65)59-44(32-8-4-3-5-9-32)48(63)61-22-6-10-42(61)46-55-28-40(57-46)31-14-12-30(13-15-31)34-16-18-36-37-19-17-35(27-39(37)52(53,54)38(36)26-34)41-29-56-47(58-41)43-11-7-23-62(43)49(64)45(60-51(66)68-2)33-20-24-69-25-21-33/h3-5,8-9,12-19,26-29,33,42-45H,6-7,10-11,20-25H2,1-2H3,(H,55,57)(H,56,58)(H,59,65)(H,60,66)/t42-,43-,44?,45-/m0/s1. The van der Waals surface area contributed by atoms with Gasteiger partial charge in [0, 0.05) is 43.0 Å². The predicted octanol–water partition coefficient (Wildman–Crippen LogP) is 8.83. The molecule has 3 aliphatic heterocycles. The van der Waals surface area contributed by atoms with Crippen LogP contribution in [0.1, 0.15) is 85.0 Å². The minimum atomic E-state index is -3.28. The minimum absolute atomic E-state index is 0.0774. The zero-order valence-electron chi connectivity index (χ0n) is 38.2. The Hall–Kier alpha value is -7.40. The monoisotopic (exact) mass is 938 g/mol. The van der Waals surface area contributed by atoms with Gasteiger partial charge >= 0.3 is 12.2 Å². The number of nitrogens with one attached hydrogen (secondary N) is 4. The maximum Gasteiger partial charge on any atom is 0.407 e. The van der Waals surface area contributed by atoms with E-state index >= 15 is 8.78 Å². The summed E-state index contributed by atoms with van der Waals surface area (Å²) in [4.78, 5) is 72.2. The second kappa shape index (κ2) is 18.9.